The number of hydrogen-bond donors (Lipinski definition) is 1. The highest BCUT2D eigenvalue weighted by atomic mass is 35.5. The summed E-state index contributed by atoms with van der Waals surface area (Å²) in [4.78, 5) is 36.9. The van der Waals surface area contributed by atoms with Crippen LogP contribution in [-0.4, -0.2) is 35.8 Å². The Morgan fingerprint density at radius 3 is 2.69 bits per heavy atom. The van der Waals surface area contributed by atoms with E-state index < -0.39 is 11.2 Å². The van der Waals surface area contributed by atoms with E-state index in [1.807, 2.05) is 30.3 Å². The standard InChI is InChI=1S/C21H23ClN6O4/c1-2-3-7-10-27-18-16(24-20(22)25-18)19(29)28(21(27)30)11-12-31-13-15-23-17(26-32-15)14-8-5-4-6-9-14/h4-6,8-9H,2-3,7,10-13H2,1H3,(H,24,25). The molecule has 0 aliphatic rings. The molecule has 32 heavy (non-hydrogen) atoms. The van der Waals surface area contributed by atoms with Gasteiger partial charge in [-0.2, -0.15) is 9.97 Å². The Bertz CT molecular complexity index is 1310. The molecule has 0 radical (unpaired) electrons. The van der Waals surface area contributed by atoms with Crippen molar-refractivity contribution in [3.05, 3.63) is 62.3 Å². The molecule has 4 rings (SSSR count). The lowest BCUT2D eigenvalue weighted by atomic mass is 10.2. The molecule has 0 atom stereocenters. The fraction of sp³-hybridized carbons (Fsp3) is 0.381. The van der Waals surface area contributed by atoms with Crippen LogP contribution in [-0.2, 0) is 24.4 Å². The van der Waals surface area contributed by atoms with Gasteiger partial charge < -0.3 is 14.2 Å². The largest absolute Gasteiger partial charge is 0.370 e. The molecular formula is C21H23ClN6O4. The Balaban J connectivity index is 1.46. The van der Waals surface area contributed by atoms with Crippen LogP contribution in [0.1, 0.15) is 32.1 Å². The fourth-order valence-corrected chi connectivity index (χ4v) is 3.56. The van der Waals surface area contributed by atoms with Gasteiger partial charge in [0.25, 0.3) is 11.4 Å². The highest BCUT2D eigenvalue weighted by molar-refractivity contribution is 6.28. The predicted molar refractivity (Wildman–Crippen MR) is 119 cm³/mol. The van der Waals surface area contributed by atoms with Crippen molar-refractivity contribution >= 4 is 22.8 Å². The fourth-order valence-electron chi connectivity index (χ4n) is 3.39. The van der Waals surface area contributed by atoms with E-state index in [2.05, 4.69) is 27.0 Å². The molecule has 11 heteroatoms. The number of unbranched alkanes of at least 4 members (excludes halogenated alkanes) is 2. The second-order valence-corrected chi connectivity index (χ2v) is 7.61. The summed E-state index contributed by atoms with van der Waals surface area (Å²) in [5.74, 6) is 0.779. The lowest BCUT2D eigenvalue weighted by molar-refractivity contribution is 0.0898. The molecule has 0 amide bonds. The number of benzene rings is 1. The van der Waals surface area contributed by atoms with E-state index in [1.165, 1.54) is 4.57 Å². The second kappa shape index (κ2) is 9.92. The minimum atomic E-state index is -0.483. The number of fused-ring (bicyclic) bond motifs is 1. The number of nitrogens with zero attached hydrogens (tertiary/aromatic N) is 5. The molecule has 0 bridgehead atoms. The molecule has 0 fully saturated rings. The van der Waals surface area contributed by atoms with Gasteiger partial charge in [0.1, 0.15) is 6.61 Å². The van der Waals surface area contributed by atoms with Crippen molar-refractivity contribution in [3.63, 3.8) is 0 Å². The first-order chi connectivity index (χ1) is 15.6. The number of rotatable bonds is 10. The molecule has 0 spiro atoms. The summed E-state index contributed by atoms with van der Waals surface area (Å²) in [6, 6.07) is 9.44. The van der Waals surface area contributed by atoms with Gasteiger partial charge >= 0.3 is 5.69 Å². The first-order valence-electron chi connectivity index (χ1n) is 10.4. The summed E-state index contributed by atoms with van der Waals surface area (Å²) >= 11 is 5.96. The molecule has 3 heterocycles. The van der Waals surface area contributed by atoms with Gasteiger partial charge in [-0.3, -0.25) is 13.9 Å². The summed E-state index contributed by atoms with van der Waals surface area (Å²) in [6.45, 7) is 2.78. The lowest BCUT2D eigenvalue weighted by Gasteiger charge is -2.11. The zero-order valence-corrected chi connectivity index (χ0v) is 18.3. The summed E-state index contributed by atoms with van der Waals surface area (Å²) in [5, 5.41) is 4.01. The Morgan fingerprint density at radius 1 is 1.09 bits per heavy atom. The van der Waals surface area contributed by atoms with Gasteiger partial charge in [-0.1, -0.05) is 55.3 Å². The number of H-pyrrole nitrogens is 1. The monoisotopic (exact) mass is 458 g/mol. The highest BCUT2D eigenvalue weighted by Crippen LogP contribution is 2.15. The SMILES string of the molecule is CCCCCn1c(=O)n(CCOCc2nc(-c3ccccc3)no2)c(=O)c2[nH]c(Cl)nc21. The second-order valence-electron chi connectivity index (χ2n) is 7.25. The third-order valence-corrected chi connectivity index (χ3v) is 5.18. The van der Waals surface area contributed by atoms with Crippen LogP contribution < -0.4 is 11.2 Å². The van der Waals surface area contributed by atoms with Crippen LogP contribution >= 0.6 is 11.6 Å². The number of hydrogen-bond acceptors (Lipinski definition) is 7. The van der Waals surface area contributed by atoms with Gasteiger partial charge in [0.05, 0.1) is 13.2 Å². The molecule has 0 aliphatic heterocycles. The van der Waals surface area contributed by atoms with E-state index in [1.54, 1.807) is 0 Å². The molecule has 0 aliphatic carbocycles. The number of imidazole rings is 1. The third kappa shape index (κ3) is 4.66. The van der Waals surface area contributed by atoms with E-state index >= 15 is 0 Å². The molecule has 0 unspecified atom stereocenters. The van der Waals surface area contributed by atoms with Crippen LogP contribution in [0.15, 0.2) is 44.4 Å². The first-order valence-corrected chi connectivity index (χ1v) is 10.8. The molecule has 0 saturated heterocycles. The van der Waals surface area contributed by atoms with Crippen molar-refractivity contribution in [2.24, 2.45) is 0 Å². The maximum absolute atomic E-state index is 13.0. The van der Waals surface area contributed by atoms with Crippen molar-refractivity contribution in [3.8, 4) is 11.4 Å². The van der Waals surface area contributed by atoms with E-state index in [-0.39, 0.29) is 36.2 Å². The highest BCUT2D eigenvalue weighted by Gasteiger charge is 2.17. The smallest absolute Gasteiger partial charge is 0.332 e. The maximum Gasteiger partial charge on any atom is 0.332 e. The Hall–Kier alpha value is -3.24. The van der Waals surface area contributed by atoms with Gasteiger partial charge in [0.15, 0.2) is 11.2 Å². The van der Waals surface area contributed by atoms with Crippen LogP contribution in [0.3, 0.4) is 0 Å². The summed E-state index contributed by atoms with van der Waals surface area (Å²) in [5.41, 5.74) is 0.399. The van der Waals surface area contributed by atoms with E-state index in [9.17, 15) is 9.59 Å². The maximum atomic E-state index is 13.0. The van der Waals surface area contributed by atoms with Crippen molar-refractivity contribution in [1.82, 2.24) is 29.2 Å². The van der Waals surface area contributed by atoms with Gasteiger partial charge in [0, 0.05) is 12.1 Å². The predicted octanol–water partition coefficient (Wildman–Crippen LogP) is 3.00. The molecule has 3 aromatic heterocycles. The topological polar surface area (TPSA) is 121 Å². The molecule has 0 saturated carbocycles. The number of aromatic amines is 1. The summed E-state index contributed by atoms with van der Waals surface area (Å²) in [7, 11) is 0. The van der Waals surface area contributed by atoms with Gasteiger partial charge in [-0.15, -0.1) is 0 Å². The van der Waals surface area contributed by atoms with Crippen LogP contribution in [0.4, 0.5) is 0 Å². The number of aryl methyl sites for hydroxylation is 1. The molecule has 1 aromatic carbocycles. The first kappa shape index (κ1) is 22.0. The van der Waals surface area contributed by atoms with Crippen molar-refractivity contribution in [2.45, 2.75) is 45.9 Å². The quantitative estimate of drug-likeness (QED) is 0.286. The van der Waals surface area contributed by atoms with Crippen molar-refractivity contribution < 1.29 is 9.26 Å². The van der Waals surface area contributed by atoms with Crippen molar-refractivity contribution in [2.75, 3.05) is 6.61 Å². The number of aromatic nitrogens is 6. The molecule has 4 aromatic rings. The Labute approximate surface area is 187 Å². The lowest BCUT2D eigenvalue weighted by Crippen LogP contribution is -2.41. The van der Waals surface area contributed by atoms with Gasteiger partial charge in [0.2, 0.25) is 11.1 Å². The van der Waals surface area contributed by atoms with Gasteiger partial charge in [-0.05, 0) is 18.0 Å². The molecule has 10 nitrogen and oxygen atoms in total. The summed E-state index contributed by atoms with van der Waals surface area (Å²) in [6.07, 6.45) is 2.77. The number of halogens is 1. The van der Waals surface area contributed by atoms with Gasteiger partial charge in [-0.25, -0.2) is 4.79 Å². The summed E-state index contributed by atoms with van der Waals surface area (Å²) < 4.78 is 13.4. The van der Waals surface area contributed by atoms with E-state index in [4.69, 9.17) is 20.9 Å². The molecular weight excluding hydrogens is 436 g/mol. The number of nitrogens with one attached hydrogen (secondary N) is 1. The van der Waals surface area contributed by atoms with E-state index in [0.717, 1.165) is 29.4 Å². The van der Waals surface area contributed by atoms with Crippen LogP contribution in [0.25, 0.3) is 22.6 Å². The Morgan fingerprint density at radius 2 is 1.91 bits per heavy atom. The van der Waals surface area contributed by atoms with E-state index in [0.29, 0.717) is 18.3 Å². The van der Waals surface area contributed by atoms with Crippen LogP contribution in [0.5, 0.6) is 0 Å². The average Bonchev–Trinajstić information content (AvgIpc) is 3.43. The van der Waals surface area contributed by atoms with Crippen LogP contribution in [0, 0.1) is 0 Å². The van der Waals surface area contributed by atoms with Crippen LogP contribution in [0.2, 0.25) is 5.28 Å². The minimum absolute atomic E-state index is 0.0669. The number of ether oxygens (including phenoxy) is 1. The Kier molecular flexibility index (Phi) is 6.81. The average molecular weight is 459 g/mol. The third-order valence-electron chi connectivity index (χ3n) is 5.00. The minimum Gasteiger partial charge on any atom is -0.370 e. The van der Waals surface area contributed by atoms with Crippen molar-refractivity contribution in [1.29, 1.82) is 0 Å². The zero-order chi connectivity index (χ0) is 22.5. The molecule has 1 N–H and O–H groups in total. The normalized spacial score (nSPS) is 11.4. The zero-order valence-electron chi connectivity index (χ0n) is 17.6. The molecule has 168 valence electrons.